The first-order valence-electron chi connectivity index (χ1n) is 8.09. The number of β-amino-alcohol motifs (C(OH)–C–C–N with tert-alkyl or cyclic N) is 1. The molecule has 0 bridgehead atoms. The summed E-state index contributed by atoms with van der Waals surface area (Å²) >= 11 is 0. The monoisotopic (exact) mass is 348 g/mol. The first-order chi connectivity index (χ1) is 11.9. The number of carbonyl (C=O) groups is 1. The van der Waals surface area contributed by atoms with Crippen molar-refractivity contribution in [1.29, 1.82) is 0 Å². The molecule has 2 aromatic rings. The van der Waals surface area contributed by atoms with Crippen LogP contribution in [0.25, 0.3) is 5.52 Å². The van der Waals surface area contributed by atoms with Gasteiger partial charge in [-0.1, -0.05) is 6.92 Å². The lowest BCUT2D eigenvalue weighted by molar-refractivity contribution is 0.0694. The van der Waals surface area contributed by atoms with Gasteiger partial charge in [-0.15, -0.1) is 0 Å². The number of aliphatic hydroxyl groups excluding tert-OH is 1. The second kappa shape index (κ2) is 5.45. The van der Waals surface area contributed by atoms with Crippen molar-refractivity contribution in [1.82, 2.24) is 4.40 Å². The number of aromatic nitrogens is 1. The van der Waals surface area contributed by atoms with Crippen molar-refractivity contribution in [2.45, 2.75) is 25.4 Å². The van der Waals surface area contributed by atoms with Crippen LogP contribution in [0.3, 0.4) is 0 Å². The van der Waals surface area contributed by atoms with Crippen molar-refractivity contribution >= 4 is 17.2 Å². The second-order valence-electron chi connectivity index (χ2n) is 6.60. The van der Waals surface area contributed by atoms with Gasteiger partial charge in [-0.05, 0) is 18.1 Å². The number of anilines is 1. The fourth-order valence-electron chi connectivity index (χ4n) is 3.62. The molecule has 1 unspecified atom stereocenters. The zero-order valence-corrected chi connectivity index (χ0v) is 13.5. The number of carboxylic acid groups (broad SMARTS) is 1. The van der Waals surface area contributed by atoms with Crippen molar-refractivity contribution in [2.75, 3.05) is 24.6 Å². The topological polar surface area (TPSA) is 91.5 Å². The molecule has 2 atom stereocenters. The van der Waals surface area contributed by atoms with Crippen molar-refractivity contribution in [3.8, 4) is 5.75 Å². The van der Waals surface area contributed by atoms with E-state index in [2.05, 4.69) is 0 Å². The lowest BCUT2D eigenvalue weighted by atomic mass is 9.96. The van der Waals surface area contributed by atoms with Gasteiger partial charge in [0.05, 0.1) is 24.4 Å². The third kappa shape index (κ3) is 2.28. The first kappa shape index (κ1) is 15.9. The molecular weight excluding hydrogens is 331 g/mol. The van der Waals surface area contributed by atoms with Gasteiger partial charge in [0.1, 0.15) is 11.3 Å². The maximum Gasteiger partial charge on any atom is 0.341 e. The Morgan fingerprint density at radius 1 is 1.44 bits per heavy atom. The fraction of sp³-hybridized carbons (Fsp3) is 0.412. The Balaban J connectivity index is 2.07. The first-order valence-corrected chi connectivity index (χ1v) is 8.09. The minimum atomic E-state index is -1.34. The molecule has 0 radical (unpaired) electrons. The molecule has 2 aromatic heterocycles. The number of carboxylic acids is 1. The normalized spacial score (nSPS) is 22.3. The van der Waals surface area contributed by atoms with Gasteiger partial charge in [0.15, 0.2) is 11.6 Å². The van der Waals surface area contributed by atoms with E-state index in [4.69, 9.17) is 4.74 Å². The molecule has 8 heteroatoms. The summed E-state index contributed by atoms with van der Waals surface area (Å²) in [4.78, 5) is 25.5. The van der Waals surface area contributed by atoms with Gasteiger partial charge in [-0.2, -0.15) is 0 Å². The molecule has 4 heterocycles. The summed E-state index contributed by atoms with van der Waals surface area (Å²) in [6.45, 7) is 2.88. The molecular formula is C17H17FN2O5. The zero-order chi connectivity index (χ0) is 17.9. The number of aliphatic hydroxyl groups is 1. The predicted octanol–water partition coefficient (Wildman–Crippen LogP) is 1.20. The largest absolute Gasteiger partial charge is 0.488 e. The third-order valence-electron chi connectivity index (χ3n) is 4.88. The SMILES string of the molecule is C[C@H]1COc2c(N3CCC(O)C3)c(F)cn3c(=O)c(C(=O)O)cc1c23. The Bertz CT molecular complexity index is 954. The minimum absolute atomic E-state index is 0.135. The maximum atomic E-state index is 14.8. The lowest BCUT2D eigenvalue weighted by Crippen LogP contribution is -2.30. The van der Waals surface area contributed by atoms with E-state index in [9.17, 15) is 24.2 Å². The summed E-state index contributed by atoms with van der Waals surface area (Å²) in [5.41, 5.74) is 0.0611. The highest BCUT2D eigenvalue weighted by Crippen LogP contribution is 2.42. The third-order valence-corrected chi connectivity index (χ3v) is 4.88. The molecule has 0 aliphatic carbocycles. The summed E-state index contributed by atoms with van der Waals surface area (Å²) in [6.07, 6.45) is 0.998. The molecule has 0 aromatic carbocycles. The molecule has 2 N–H and O–H groups in total. The Hall–Kier alpha value is -2.61. The van der Waals surface area contributed by atoms with Gasteiger partial charge in [0, 0.05) is 19.0 Å². The van der Waals surface area contributed by atoms with Crippen molar-refractivity contribution < 1.29 is 24.1 Å². The number of hydrogen-bond acceptors (Lipinski definition) is 5. The average molecular weight is 348 g/mol. The van der Waals surface area contributed by atoms with E-state index in [0.29, 0.717) is 24.0 Å². The van der Waals surface area contributed by atoms with Gasteiger partial charge in [0.25, 0.3) is 5.56 Å². The smallest absolute Gasteiger partial charge is 0.341 e. The van der Waals surface area contributed by atoms with E-state index >= 15 is 0 Å². The second-order valence-corrected chi connectivity index (χ2v) is 6.60. The highest BCUT2D eigenvalue weighted by Gasteiger charge is 2.32. The van der Waals surface area contributed by atoms with Crippen LogP contribution in [0.4, 0.5) is 10.1 Å². The number of nitrogens with zero attached hydrogens (tertiary/aromatic N) is 2. The van der Waals surface area contributed by atoms with Gasteiger partial charge in [-0.3, -0.25) is 9.20 Å². The number of aromatic carboxylic acids is 1. The maximum absolute atomic E-state index is 14.8. The molecule has 0 spiro atoms. The van der Waals surface area contributed by atoms with Crippen LogP contribution in [-0.2, 0) is 0 Å². The van der Waals surface area contributed by atoms with Gasteiger partial charge < -0.3 is 19.8 Å². The van der Waals surface area contributed by atoms with Crippen molar-refractivity contribution in [3.63, 3.8) is 0 Å². The van der Waals surface area contributed by atoms with Crippen LogP contribution in [0.5, 0.6) is 5.75 Å². The van der Waals surface area contributed by atoms with Crippen LogP contribution in [0.1, 0.15) is 35.2 Å². The molecule has 7 nitrogen and oxygen atoms in total. The molecule has 132 valence electrons. The van der Waals surface area contributed by atoms with Crippen LogP contribution < -0.4 is 15.2 Å². The van der Waals surface area contributed by atoms with Gasteiger partial charge >= 0.3 is 5.97 Å². The quantitative estimate of drug-likeness (QED) is 0.848. The van der Waals surface area contributed by atoms with E-state index < -0.39 is 29.0 Å². The van der Waals surface area contributed by atoms with E-state index in [-0.39, 0.29) is 30.5 Å². The molecule has 25 heavy (non-hydrogen) atoms. The van der Waals surface area contributed by atoms with Gasteiger partial charge in [-0.25, -0.2) is 9.18 Å². The molecule has 0 saturated carbocycles. The highest BCUT2D eigenvalue weighted by atomic mass is 19.1. The minimum Gasteiger partial charge on any atom is -0.488 e. The summed E-state index contributed by atoms with van der Waals surface area (Å²) in [7, 11) is 0. The number of rotatable bonds is 2. The van der Waals surface area contributed by atoms with E-state index in [1.54, 1.807) is 4.90 Å². The van der Waals surface area contributed by atoms with Crippen LogP contribution in [0, 0.1) is 5.82 Å². The number of pyridine rings is 2. The molecule has 4 rings (SSSR count). The summed E-state index contributed by atoms with van der Waals surface area (Å²) < 4.78 is 21.6. The van der Waals surface area contributed by atoms with E-state index in [0.717, 1.165) is 10.6 Å². The van der Waals surface area contributed by atoms with E-state index in [1.165, 1.54) is 6.07 Å². The molecule has 0 amide bonds. The Kier molecular flexibility index (Phi) is 3.47. The Morgan fingerprint density at radius 2 is 2.20 bits per heavy atom. The lowest BCUT2D eigenvalue weighted by Gasteiger charge is -2.29. The number of ether oxygens (including phenoxy) is 1. The fourth-order valence-corrected chi connectivity index (χ4v) is 3.62. The van der Waals surface area contributed by atoms with Crippen LogP contribution in [-0.4, -0.2) is 46.4 Å². The van der Waals surface area contributed by atoms with Crippen LogP contribution >= 0.6 is 0 Å². The summed E-state index contributed by atoms with van der Waals surface area (Å²) in [5, 5.41) is 19.0. The molecule has 2 aliphatic heterocycles. The van der Waals surface area contributed by atoms with Crippen LogP contribution in [0.2, 0.25) is 0 Å². The number of halogens is 1. The highest BCUT2D eigenvalue weighted by molar-refractivity contribution is 5.90. The Labute approximate surface area is 141 Å². The molecule has 1 saturated heterocycles. The van der Waals surface area contributed by atoms with Crippen molar-refractivity contribution in [3.05, 3.63) is 39.6 Å². The molecule has 2 aliphatic rings. The molecule has 1 fully saturated rings. The van der Waals surface area contributed by atoms with Gasteiger partial charge in [0.2, 0.25) is 0 Å². The van der Waals surface area contributed by atoms with E-state index in [1.807, 2.05) is 6.92 Å². The van der Waals surface area contributed by atoms with Crippen molar-refractivity contribution in [2.24, 2.45) is 0 Å². The predicted molar refractivity (Wildman–Crippen MR) is 87.3 cm³/mol. The average Bonchev–Trinajstić information content (AvgIpc) is 2.98. The number of hydrogen-bond donors (Lipinski definition) is 2. The Morgan fingerprint density at radius 3 is 2.84 bits per heavy atom. The summed E-state index contributed by atoms with van der Waals surface area (Å²) in [5.74, 6) is -1.93. The zero-order valence-electron chi connectivity index (χ0n) is 13.5. The van der Waals surface area contributed by atoms with Crippen LogP contribution in [0.15, 0.2) is 17.1 Å². The summed E-state index contributed by atoms with van der Waals surface area (Å²) in [6, 6.07) is 1.36. The standard InChI is InChI=1S/C17H17FN2O5/c1-8-7-25-15-13-10(8)4-11(17(23)24)16(22)20(13)6-12(18)14(15)19-3-2-9(21)5-19/h4,6,8-9,21H,2-3,5,7H2,1H3,(H,23,24)/t8-,9?/m0/s1.